The summed E-state index contributed by atoms with van der Waals surface area (Å²) in [5.74, 6) is -0.929. The summed E-state index contributed by atoms with van der Waals surface area (Å²) in [4.78, 5) is 14.5. The molecule has 2 heterocycles. The number of aliphatic carboxylic acids is 1. The van der Waals surface area contributed by atoms with Crippen molar-refractivity contribution in [2.75, 3.05) is 13.2 Å². The zero-order chi connectivity index (χ0) is 13.9. The van der Waals surface area contributed by atoms with Crippen LogP contribution in [0.15, 0.2) is 30.5 Å². The largest absolute Gasteiger partial charge is 0.479 e. The van der Waals surface area contributed by atoms with Crippen LogP contribution in [0.3, 0.4) is 0 Å². The molecule has 0 bridgehead atoms. The Hall–Kier alpha value is -1.85. The molecule has 0 saturated carbocycles. The first-order chi connectivity index (χ1) is 9.74. The Kier molecular flexibility index (Phi) is 3.71. The first kappa shape index (κ1) is 13.1. The molecule has 5 nitrogen and oxygen atoms in total. The van der Waals surface area contributed by atoms with Crippen molar-refractivity contribution in [1.82, 2.24) is 4.98 Å². The van der Waals surface area contributed by atoms with E-state index < -0.39 is 12.1 Å². The smallest absolute Gasteiger partial charge is 0.333 e. The predicted molar refractivity (Wildman–Crippen MR) is 73.7 cm³/mol. The Morgan fingerprint density at radius 2 is 2.35 bits per heavy atom. The van der Waals surface area contributed by atoms with Gasteiger partial charge >= 0.3 is 5.97 Å². The standard InChI is InChI=1S/C15H17NO4/c17-15(18)14(20-11-5-6-19-9-11)7-10-8-16-13-4-2-1-3-12(10)13/h1-4,8,11,14,16H,5-7,9H2,(H,17,18)/t11?,14-/m0/s1. The highest BCUT2D eigenvalue weighted by Gasteiger charge is 2.26. The minimum absolute atomic E-state index is 0.110. The molecule has 2 N–H and O–H groups in total. The van der Waals surface area contributed by atoms with Crippen LogP contribution in [0.2, 0.25) is 0 Å². The molecular formula is C15H17NO4. The molecule has 1 aromatic heterocycles. The molecule has 20 heavy (non-hydrogen) atoms. The number of nitrogens with one attached hydrogen (secondary N) is 1. The third-order valence-electron chi connectivity index (χ3n) is 3.60. The third kappa shape index (κ3) is 2.69. The van der Waals surface area contributed by atoms with Crippen LogP contribution in [-0.4, -0.2) is 41.5 Å². The quantitative estimate of drug-likeness (QED) is 0.875. The van der Waals surface area contributed by atoms with E-state index in [-0.39, 0.29) is 6.10 Å². The van der Waals surface area contributed by atoms with Crippen LogP contribution < -0.4 is 0 Å². The Morgan fingerprint density at radius 1 is 1.50 bits per heavy atom. The molecule has 0 radical (unpaired) electrons. The number of para-hydroxylation sites is 1. The van der Waals surface area contributed by atoms with Gasteiger partial charge in [-0.05, 0) is 18.1 Å². The SMILES string of the molecule is O=C(O)[C@H](Cc1c[nH]c2ccccc12)OC1CCOC1. The second kappa shape index (κ2) is 5.64. The van der Waals surface area contributed by atoms with E-state index in [9.17, 15) is 9.90 Å². The molecule has 1 fully saturated rings. The second-order valence-corrected chi connectivity index (χ2v) is 5.01. The zero-order valence-electron chi connectivity index (χ0n) is 11.0. The fourth-order valence-electron chi connectivity index (χ4n) is 2.55. The molecule has 1 aromatic carbocycles. The van der Waals surface area contributed by atoms with Crippen molar-refractivity contribution in [3.05, 3.63) is 36.0 Å². The maximum atomic E-state index is 11.4. The van der Waals surface area contributed by atoms with Crippen LogP contribution in [0.25, 0.3) is 10.9 Å². The van der Waals surface area contributed by atoms with Crippen molar-refractivity contribution in [3.63, 3.8) is 0 Å². The van der Waals surface area contributed by atoms with E-state index in [0.717, 1.165) is 22.9 Å². The van der Waals surface area contributed by atoms with Gasteiger partial charge in [0.15, 0.2) is 6.10 Å². The fraction of sp³-hybridized carbons (Fsp3) is 0.400. The number of carboxylic acid groups (broad SMARTS) is 1. The second-order valence-electron chi connectivity index (χ2n) is 5.01. The normalized spacial score (nSPS) is 20.3. The molecule has 1 aliphatic rings. The van der Waals surface area contributed by atoms with Gasteiger partial charge in [0.1, 0.15) is 0 Å². The van der Waals surface area contributed by atoms with E-state index in [0.29, 0.717) is 19.6 Å². The lowest BCUT2D eigenvalue weighted by Crippen LogP contribution is -2.31. The molecule has 2 atom stereocenters. The third-order valence-corrected chi connectivity index (χ3v) is 3.60. The highest BCUT2D eigenvalue weighted by molar-refractivity contribution is 5.84. The van der Waals surface area contributed by atoms with Crippen molar-refractivity contribution >= 4 is 16.9 Å². The topological polar surface area (TPSA) is 71.5 Å². The van der Waals surface area contributed by atoms with Crippen molar-refractivity contribution in [3.8, 4) is 0 Å². The number of fused-ring (bicyclic) bond motifs is 1. The Morgan fingerprint density at radius 3 is 3.10 bits per heavy atom. The average molecular weight is 275 g/mol. The zero-order valence-corrected chi connectivity index (χ0v) is 11.0. The molecular weight excluding hydrogens is 258 g/mol. The summed E-state index contributed by atoms with van der Waals surface area (Å²) in [7, 11) is 0. The molecule has 3 rings (SSSR count). The number of H-pyrrole nitrogens is 1. The minimum Gasteiger partial charge on any atom is -0.479 e. The number of carbonyl (C=O) groups is 1. The van der Waals surface area contributed by atoms with E-state index in [1.165, 1.54) is 0 Å². The van der Waals surface area contributed by atoms with E-state index in [1.54, 1.807) is 0 Å². The van der Waals surface area contributed by atoms with Crippen LogP contribution in [0.4, 0.5) is 0 Å². The highest BCUT2D eigenvalue weighted by atomic mass is 16.6. The first-order valence-corrected chi connectivity index (χ1v) is 6.75. The van der Waals surface area contributed by atoms with Gasteiger partial charge in [0.25, 0.3) is 0 Å². The van der Waals surface area contributed by atoms with Gasteiger partial charge in [-0.25, -0.2) is 4.79 Å². The number of aromatic nitrogens is 1. The lowest BCUT2D eigenvalue weighted by molar-refractivity contribution is -0.154. The molecule has 0 aliphatic carbocycles. The molecule has 1 unspecified atom stereocenters. The van der Waals surface area contributed by atoms with E-state index in [2.05, 4.69) is 4.98 Å². The lowest BCUT2D eigenvalue weighted by atomic mass is 10.1. The van der Waals surface area contributed by atoms with Gasteiger partial charge in [-0.2, -0.15) is 0 Å². The number of aromatic amines is 1. The maximum absolute atomic E-state index is 11.4. The van der Waals surface area contributed by atoms with Gasteiger partial charge in [0.2, 0.25) is 0 Å². The van der Waals surface area contributed by atoms with Gasteiger partial charge < -0.3 is 19.6 Å². The summed E-state index contributed by atoms with van der Waals surface area (Å²) in [5.41, 5.74) is 1.97. The van der Waals surface area contributed by atoms with Crippen molar-refractivity contribution < 1.29 is 19.4 Å². The average Bonchev–Trinajstić information content (AvgIpc) is 3.08. The molecule has 2 aromatic rings. The van der Waals surface area contributed by atoms with Crippen LogP contribution in [-0.2, 0) is 20.7 Å². The summed E-state index contributed by atoms with van der Waals surface area (Å²) in [5, 5.41) is 10.4. The van der Waals surface area contributed by atoms with E-state index in [4.69, 9.17) is 9.47 Å². The van der Waals surface area contributed by atoms with Gasteiger partial charge in [0.05, 0.1) is 12.7 Å². The number of rotatable bonds is 5. The van der Waals surface area contributed by atoms with Gasteiger partial charge in [-0.3, -0.25) is 0 Å². The lowest BCUT2D eigenvalue weighted by Gasteiger charge is -2.17. The number of carboxylic acids is 1. The molecule has 1 aliphatic heterocycles. The predicted octanol–water partition coefficient (Wildman–Crippen LogP) is 1.97. The molecule has 0 spiro atoms. The summed E-state index contributed by atoms with van der Waals surface area (Å²) in [6, 6.07) is 7.85. The van der Waals surface area contributed by atoms with Crippen molar-refractivity contribution in [1.29, 1.82) is 0 Å². The number of hydrogen-bond donors (Lipinski definition) is 2. The molecule has 5 heteroatoms. The Balaban J connectivity index is 1.77. The van der Waals surface area contributed by atoms with Gasteiger partial charge in [-0.15, -0.1) is 0 Å². The van der Waals surface area contributed by atoms with Crippen LogP contribution in [0.5, 0.6) is 0 Å². The van der Waals surface area contributed by atoms with Crippen LogP contribution in [0.1, 0.15) is 12.0 Å². The molecule has 106 valence electrons. The van der Waals surface area contributed by atoms with E-state index >= 15 is 0 Å². The van der Waals surface area contributed by atoms with Gasteiger partial charge in [-0.1, -0.05) is 18.2 Å². The number of hydrogen-bond acceptors (Lipinski definition) is 3. The number of benzene rings is 1. The fourth-order valence-corrected chi connectivity index (χ4v) is 2.55. The Labute approximate surface area is 116 Å². The van der Waals surface area contributed by atoms with Crippen LogP contribution in [0, 0.1) is 0 Å². The summed E-state index contributed by atoms with van der Waals surface area (Å²) in [6.07, 6.45) is 2.03. The van der Waals surface area contributed by atoms with Crippen molar-refractivity contribution in [2.45, 2.75) is 25.0 Å². The summed E-state index contributed by atoms with van der Waals surface area (Å²) < 4.78 is 10.9. The maximum Gasteiger partial charge on any atom is 0.333 e. The molecule has 0 amide bonds. The first-order valence-electron chi connectivity index (χ1n) is 6.75. The highest BCUT2D eigenvalue weighted by Crippen LogP contribution is 2.21. The summed E-state index contributed by atoms with van der Waals surface area (Å²) in [6.45, 7) is 1.13. The minimum atomic E-state index is -0.929. The van der Waals surface area contributed by atoms with Crippen LogP contribution >= 0.6 is 0 Å². The molecule has 1 saturated heterocycles. The number of ether oxygens (including phenoxy) is 2. The summed E-state index contributed by atoms with van der Waals surface area (Å²) >= 11 is 0. The Bertz CT molecular complexity index is 601. The van der Waals surface area contributed by atoms with Crippen molar-refractivity contribution in [2.24, 2.45) is 0 Å². The monoisotopic (exact) mass is 275 g/mol. The van der Waals surface area contributed by atoms with E-state index in [1.807, 2.05) is 30.5 Å². The van der Waals surface area contributed by atoms with Gasteiger partial charge in [0, 0.05) is 30.1 Å².